The van der Waals surface area contributed by atoms with Crippen LogP contribution in [-0.2, 0) is 11.8 Å². The minimum atomic E-state index is -0.333. The quantitative estimate of drug-likeness (QED) is 0.554. The van der Waals surface area contributed by atoms with E-state index in [1.54, 1.807) is 0 Å². The summed E-state index contributed by atoms with van der Waals surface area (Å²) in [5, 5.41) is 12.3. The van der Waals surface area contributed by atoms with E-state index in [1.165, 1.54) is 11.8 Å². The van der Waals surface area contributed by atoms with Gasteiger partial charge in [-0.15, -0.1) is 10.2 Å². The number of hydrogen-bond acceptors (Lipinski definition) is 4. The van der Waals surface area contributed by atoms with Crippen molar-refractivity contribution >= 4 is 50.9 Å². The highest BCUT2D eigenvalue weighted by Gasteiger charge is 2.20. The number of carbonyl (C=O) groups is 1. The molecule has 1 amide bonds. The number of nitrogens with zero attached hydrogens (tertiary/aromatic N) is 3. The number of anilines is 1. The molecule has 8 heteroatoms. The maximum atomic E-state index is 12.4. The van der Waals surface area contributed by atoms with Crippen LogP contribution in [0.4, 0.5) is 5.69 Å². The smallest absolute Gasteiger partial charge is 0.237 e. The van der Waals surface area contributed by atoms with Gasteiger partial charge in [-0.1, -0.05) is 51.4 Å². The molecule has 1 N–H and O–H groups in total. The first-order chi connectivity index (χ1) is 12.5. The highest BCUT2D eigenvalue weighted by atomic mass is 79.9. The first-order valence-electron chi connectivity index (χ1n) is 7.83. The number of hydrogen-bond donors (Lipinski definition) is 1. The molecule has 1 atom stereocenters. The molecule has 3 aromatic rings. The summed E-state index contributed by atoms with van der Waals surface area (Å²) in [6, 6.07) is 14.9. The van der Waals surface area contributed by atoms with Gasteiger partial charge in [-0.25, -0.2) is 0 Å². The van der Waals surface area contributed by atoms with Crippen LogP contribution in [0.15, 0.2) is 58.2 Å². The zero-order chi connectivity index (χ0) is 18.7. The lowest BCUT2D eigenvalue weighted by Crippen LogP contribution is -2.22. The number of aromatic nitrogens is 3. The minimum absolute atomic E-state index is 0.0976. The van der Waals surface area contributed by atoms with E-state index in [9.17, 15) is 4.79 Å². The molecule has 3 rings (SSSR count). The van der Waals surface area contributed by atoms with Gasteiger partial charge in [0.2, 0.25) is 5.91 Å². The predicted molar refractivity (Wildman–Crippen MR) is 110 cm³/mol. The minimum Gasteiger partial charge on any atom is -0.325 e. The normalized spacial score (nSPS) is 12.0. The van der Waals surface area contributed by atoms with Gasteiger partial charge < -0.3 is 9.88 Å². The molecule has 0 saturated heterocycles. The largest absolute Gasteiger partial charge is 0.325 e. The van der Waals surface area contributed by atoms with Crippen LogP contribution in [0.5, 0.6) is 0 Å². The second kappa shape index (κ2) is 8.24. The van der Waals surface area contributed by atoms with Gasteiger partial charge in [-0.2, -0.15) is 0 Å². The van der Waals surface area contributed by atoms with E-state index in [2.05, 4.69) is 31.4 Å². The third kappa shape index (κ3) is 4.28. The highest BCUT2D eigenvalue weighted by molar-refractivity contribution is 9.10. The fourth-order valence-electron chi connectivity index (χ4n) is 2.28. The summed E-state index contributed by atoms with van der Waals surface area (Å²) < 4.78 is 2.80. The lowest BCUT2D eigenvalue weighted by molar-refractivity contribution is -0.115. The molecule has 0 bridgehead atoms. The molecule has 1 aromatic heterocycles. The highest BCUT2D eigenvalue weighted by Crippen LogP contribution is 2.30. The Kier molecular flexibility index (Phi) is 6.01. The summed E-state index contributed by atoms with van der Waals surface area (Å²) in [6.45, 7) is 1.84. The van der Waals surface area contributed by atoms with E-state index < -0.39 is 0 Å². The Morgan fingerprint density at radius 2 is 1.88 bits per heavy atom. The van der Waals surface area contributed by atoms with Gasteiger partial charge in [0.25, 0.3) is 0 Å². The molecule has 0 aliphatic carbocycles. The van der Waals surface area contributed by atoms with Gasteiger partial charge in [-0.3, -0.25) is 4.79 Å². The molecule has 2 aromatic carbocycles. The van der Waals surface area contributed by atoms with E-state index in [1.807, 2.05) is 67.1 Å². The summed E-state index contributed by atoms with van der Waals surface area (Å²) in [6.07, 6.45) is 0. The van der Waals surface area contributed by atoms with Crippen molar-refractivity contribution in [1.29, 1.82) is 0 Å². The molecule has 0 spiro atoms. The number of amides is 1. The van der Waals surface area contributed by atoms with E-state index >= 15 is 0 Å². The van der Waals surface area contributed by atoms with E-state index in [-0.39, 0.29) is 11.2 Å². The lowest BCUT2D eigenvalue weighted by atomic mass is 10.2. The molecule has 26 heavy (non-hydrogen) atoms. The fraction of sp³-hybridized carbons (Fsp3) is 0.167. The van der Waals surface area contributed by atoms with Crippen LogP contribution >= 0.6 is 39.3 Å². The van der Waals surface area contributed by atoms with Crippen LogP contribution in [0, 0.1) is 0 Å². The van der Waals surface area contributed by atoms with Crippen molar-refractivity contribution in [2.24, 2.45) is 7.05 Å². The van der Waals surface area contributed by atoms with Crippen molar-refractivity contribution in [1.82, 2.24) is 14.8 Å². The van der Waals surface area contributed by atoms with E-state index in [0.717, 1.165) is 15.7 Å². The molecule has 1 heterocycles. The molecule has 5 nitrogen and oxygen atoms in total. The monoisotopic (exact) mass is 450 g/mol. The molecule has 0 fully saturated rings. The van der Waals surface area contributed by atoms with Crippen LogP contribution in [0.1, 0.15) is 6.92 Å². The fourth-order valence-corrected chi connectivity index (χ4v) is 3.58. The standard InChI is InChI=1S/C18H16BrClN4OS/c1-11(17(25)21-13-9-7-12(19)8-10-13)26-18-23-22-16(24(18)2)14-5-3-4-6-15(14)20/h3-11H,1-2H3,(H,21,25). The third-order valence-electron chi connectivity index (χ3n) is 3.71. The molecule has 1 unspecified atom stereocenters. The Hall–Kier alpha value is -1.83. The molecule has 0 aliphatic heterocycles. The van der Waals surface area contributed by atoms with Gasteiger partial charge in [0.05, 0.1) is 10.3 Å². The third-order valence-corrected chi connectivity index (χ3v) is 5.71. The topological polar surface area (TPSA) is 59.8 Å². The van der Waals surface area contributed by atoms with Gasteiger partial charge in [0.15, 0.2) is 11.0 Å². The van der Waals surface area contributed by atoms with Crippen LogP contribution in [0.3, 0.4) is 0 Å². The molecular weight excluding hydrogens is 436 g/mol. The van der Waals surface area contributed by atoms with Gasteiger partial charge in [0.1, 0.15) is 0 Å². The average molecular weight is 452 g/mol. The Bertz CT molecular complexity index is 929. The second-order valence-corrected chi connectivity index (χ2v) is 8.23. The Labute approximate surface area is 169 Å². The number of halogens is 2. The summed E-state index contributed by atoms with van der Waals surface area (Å²) in [7, 11) is 1.86. The molecule has 134 valence electrons. The number of carbonyl (C=O) groups excluding carboxylic acids is 1. The average Bonchev–Trinajstić information content (AvgIpc) is 2.98. The molecular formula is C18H16BrClN4OS. The summed E-state index contributed by atoms with van der Waals surface area (Å²) >= 11 is 11.0. The zero-order valence-corrected chi connectivity index (χ0v) is 17.3. The predicted octanol–water partition coefficient (Wildman–Crippen LogP) is 5.02. The Morgan fingerprint density at radius 1 is 1.19 bits per heavy atom. The summed E-state index contributed by atoms with van der Waals surface area (Å²) in [5.41, 5.74) is 1.56. The Balaban J connectivity index is 1.71. The van der Waals surface area contributed by atoms with Gasteiger partial charge in [0, 0.05) is 22.8 Å². The van der Waals surface area contributed by atoms with Crippen LogP contribution in [0.25, 0.3) is 11.4 Å². The Morgan fingerprint density at radius 3 is 2.58 bits per heavy atom. The maximum Gasteiger partial charge on any atom is 0.237 e. The first kappa shape index (κ1) is 18.9. The maximum absolute atomic E-state index is 12.4. The van der Waals surface area contributed by atoms with Gasteiger partial charge in [-0.05, 0) is 43.3 Å². The van der Waals surface area contributed by atoms with Crippen molar-refractivity contribution < 1.29 is 4.79 Å². The summed E-state index contributed by atoms with van der Waals surface area (Å²) in [4.78, 5) is 12.4. The van der Waals surface area contributed by atoms with E-state index in [4.69, 9.17) is 11.6 Å². The summed E-state index contributed by atoms with van der Waals surface area (Å²) in [5.74, 6) is 0.568. The van der Waals surface area contributed by atoms with Crippen LogP contribution < -0.4 is 5.32 Å². The zero-order valence-electron chi connectivity index (χ0n) is 14.1. The van der Waals surface area contributed by atoms with Crippen molar-refractivity contribution in [2.45, 2.75) is 17.3 Å². The lowest BCUT2D eigenvalue weighted by Gasteiger charge is -2.12. The number of benzene rings is 2. The molecule has 0 aliphatic rings. The van der Waals surface area contributed by atoms with Crippen LogP contribution in [0.2, 0.25) is 5.02 Å². The van der Waals surface area contributed by atoms with Crippen molar-refractivity contribution in [3.8, 4) is 11.4 Å². The molecule has 0 saturated carbocycles. The van der Waals surface area contributed by atoms with E-state index in [0.29, 0.717) is 16.0 Å². The van der Waals surface area contributed by atoms with Gasteiger partial charge >= 0.3 is 0 Å². The van der Waals surface area contributed by atoms with Crippen molar-refractivity contribution in [3.05, 3.63) is 58.0 Å². The second-order valence-electron chi connectivity index (χ2n) is 5.60. The first-order valence-corrected chi connectivity index (χ1v) is 9.88. The number of thioether (sulfide) groups is 1. The SMILES string of the molecule is CC(Sc1nnc(-c2ccccc2Cl)n1C)C(=O)Nc1ccc(Br)cc1. The van der Waals surface area contributed by atoms with Crippen molar-refractivity contribution in [2.75, 3.05) is 5.32 Å². The number of nitrogens with one attached hydrogen (secondary N) is 1. The number of rotatable bonds is 5. The molecule has 0 radical (unpaired) electrons. The van der Waals surface area contributed by atoms with Crippen molar-refractivity contribution in [3.63, 3.8) is 0 Å². The van der Waals surface area contributed by atoms with Crippen LogP contribution in [-0.4, -0.2) is 25.9 Å².